The zero-order chi connectivity index (χ0) is 16.2. The molecule has 1 aromatic rings. The minimum atomic E-state index is -3.88. The third-order valence-electron chi connectivity index (χ3n) is 3.39. The number of hydrogen-bond donors (Lipinski definition) is 2. The number of nitrogen functional groups attached to an aromatic ring is 1. The maximum atomic E-state index is 13.9. The average molecular weight is 317 g/mol. The van der Waals surface area contributed by atoms with Crippen LogP contribution in [-0.4, -0.2) is 39.5 Å². The van der Waals surface area contributed by atoms with Crippen LogP contribution in [0.25, 0.3) is 0 Å². The molecular weight excluding hydrogens is 293 g/mol. The number of nitrogens with two attached hydrogens (primary N) is 1. The zero-order valence-electron chi connectivity index (χ0n) is 13.0. The molecule has 1 rings (SSSR count). The van der Waals surface area contributed by atoms with E-state index in [1.807, 2.05) is 7.05 Å². The first-order valence-electron chi connectivity index (χ1n) is 6.90. The van der Waals surface area contributed by atoms with Crippen LogP contribution in [0.1, 0.15) is 25.8 Å². The number of sulfonamides is 1. The van der Waals surface area contributed by atoms with Gasteiger partial charge in [0.15, 0.2) is 0 Å². The molecule has 0 unspecified atom stereocenters. The van der Waals surface area contributed by atoms with Crippen molar-refractivity contribution in [1.82, 2.24) is 9.62 Å². The number of nitrogens with one attached hydrogen (secondary N) is 1. The third-order valence-corrected chi connectivity index (χ3v) is 4.85. The van der Waals surface area contributed by atoms with Crippen molar-refractivity contribution >= 4 is 15.7 Å². The topological polar surface area (TPSA) is 75.4 Å². The fourth-order valence-electron chi connectivity index (χ4n) is 1.83. The standard InChI is InChI=1S/C14H24FN3O2S/c1-10(2)18(4)7-5-6-17-21(19,20)13-9-12(16)8-11(3)14(13)15/h8-10,17H,5-7,16H2,1-4H3. The van der Waals surface area contributed by atoms with E-state index < -0.39 is 20.7 Å². The Kier molecular flexibility index (Phi) is 6.12. The molecule has 0 spiro atoms. The van der Waals surface area contributed by atoms with Crippen molar-refractivity contribution in [2.75, 3.05) is 25.9 Å². The average Bonchev–Trinajstić information content (AvgIpc) is 2.38. The predicted molar refractivity (Wildman–Crippen MR) is 83.1 cm³/mol. The molecule has 7 heteroatoms. The Morgan fingerprint density at radius 2 is 2.00 bits per heavy atom. The highest BCUT2D eigenvalue weighted by Crippen LogP contribution is 2.21. The van der Waals surface area contributed by atoms with Crippen molar-refractivity contribution < 1.29 is 12.8 Å². The molecule has 0 fully saturated rings. The molecule has 0 aromatic heterocycles. The van der Waals surface area contributed by atoms with Gasteiger partial charge in [0, 0.05) is 18.3 Å². The number of benzene rings is 1. The van der Waals surface area contributed by atoms with Crippen LogP contribution in [0, 0.1) is 12.7 Å². The lowest BCUT2D eigenvalue weighted by molar-refractivity contribution is 0.271. The molecule has 0 aliphatic carbocycles. The van der Waals surface area contributed by atoms with E-state index in [0.717, 1.165) is 12.6 Å². The number of hydrogen-bond acceptors (Lipinski definition) is 4. The van der Waals surface area contributed by atoms with E-state index in [0.29, 0.717) is 12.5 Å². The summed E-state index contributed by atoms with van der Waals surface area (Å²) in [6.07, 6.45) is 0.650. The molecule has 21 heavy (non-hydrogen) atoms. The molecule has 1 aromatic carbocycles. The fraction of sp³-hybridized carbons (Fsp3) is 0.571. The second kappa shape index (κ2) is 7.20. The number of rotatable bonds is 7. The van der Waals surface area contributed by atoms with E-state index in [1.165, 1.54) is 13.0 Å². The van der Waals surface area contributed by atoms with Crippen molar-refractivity contribution in [3.63, 3.8) is 0 Å². The summed E-state index contributed by atoms with van der Waals surface area (Å²) in [5.74, 6) is -0.754. The lowest BCUT2D eigenvalue weighted by atomic mass is 10.2. The van der Waals surface area contributed by atoms with Gasteiger partial charge in [0.05, 0.1) is 0 Å². The summed E-state index contributed by atoms with van der Waals surface area (Å²) in [6, 6.07) is 2.95. The van der Waals surface area contributed by atoms with Crippen LogP contribution in [0.5, 0.6) is 0 Å². The van der Waals surface area contributed by atoms with E-state index in [9.17, 15) is 12.8 Å². The van der Waals surface area contributed by atoms with Crippen LogP contribution in [0.2, 0.25) is 0 Å². The summed E-state index contributed by atoms with van der Waals surface area (Å²) >= 11 is 0. The molecule has 3 N–H and O–H groups in total. The van der Waals surface area contributed by atoms with Crippen LogP contribution >= 0.6 is 0 Å². The molecule has 0 aliphatic rings. The number of halogens is 1. The SMILES string of the molecule is Cc1cc(N)cc(S(=O)(=O)NCCCN(C)C(C)C)c1F. The van der Waals surface area contributed by atoms with Crippen LogP contribution in [0.4, 0.5) is 10.1 Å². The molecule has 0 heterocycles. The highest BCUT2D eigenvalue weighted by Gasteiger charge is 2.20. The number of anilines is 1. The Labute approximate surface area is 126 Å². The van der Waals surface area contributed by atoms with Gasteiger partial charge in [-0.3, -0.25) is 0 Å². The van der Waals surface area contributed by atoms with E-state index in [-0.39, 0.29) is 17.8 Å². The molecule has 0 saturated heterocycles. The first kappa shape index (κ1) is 17.9. The summed E-state index contributed by atoms with van der Waals surface area (Å²) < 4.78 is 40.6. The minimum absolute atomic E-state index is 0.218. The molecule has 0 atom stereocenters. The maximum absolute atomic E-state index is 13.9. The van der Waals surface area contributed by atoms with Crippen molar-refractivity contribution in [1.29, 1.82) is 0 Å². The van der Waals surface area contributed by atoms with Crippen molar-refractivity contribution in [3.8, 4) is 0 Å². The monoisotopic (exact) mass is 317 g/mol. The summed E-state index contributed by atoms with van der Waals surface area (Å²) in [5, 5.41) is 0. The Bertz CT molecular complexity index is 588. The Morgan fingerprint density at radius 1 is 1.38 bits per heavy atom. The molecule has 120 valence electrons. The number of aryl methyl sites for hydroxylation is 1. The second-order valence-electron chi connectivity index (χ2n) is 5.48. The van der Waals surface area contributed by atoms with E-state index in [2.05, 4.69) is 23.5 Å². The predicted octanol–water partition coefficient (Wildman–Crippen LogP) is 1.72. The van der Waals surface area contributed by atoms with Gasteiger partial charge < -0.3 is 10.6 Å². The van der Waals surface area contributed by atoms with Crippen LogP contribution in [-0.2, 0) is 10.0 Å². The largest absolute Gasteiger partial charge is 0.399 e. The van der Waals surface area contributed by atoms with Gasteiger partial charge in [0.25, 0.3) is 0 Å². The quantitative estimate of drug-likeness (QED) is 0.593. The van der Waals surface area contributed by atoms with Gasteiger partial charge in [-0.05, 0) is 58.5 Å². The molecule has 0 saturated carbocycles. The summed E-state index contributed by atoms with van der Waals surface area (Å²) in [5.41, 5.74) is 6.04. The van der Waals surface area contributed by atoms with Gasteiger partial charge in [-0.2, -0.15) is 0 Å². The Morgan fingerprint density at radius 3 is 2.57 bits per heavy atom. The lowest BCUT2D eigenvalue weighted by Crippen LogP contribution is -2.31. The van der Waals surface area contributed by atoms with Gasteiger partial charge in [-0.15, -0.1) is 0 Å². The third kappa shape index (κ3) is 4.94. The van der Waals surface area contributed by atoms with Gasteiger partial charge in [-0.25, -0.2) is 17.5 Å². The summed E-state index contributed by atoms with van der Waals surface area (Å²) in [4.78, 5) is 1.72. The van der Waals surface area contributed by atoms with Gasteiger partial charge in [0.2, 0.25) is 10.0 Å². The normalized spacial score (nSPS) is 12.3. The van der Waals surface area contributed by atoms with Crippen molar-refractivity contribution in [2.45, 2.75) is 38.1 Å². The highest BCUT2D eigenvalue weighted by molar-refractivity contribution is 7.89. The lowest BCUT2D eigenvalue weighted by Gasteiger charge is -2.20. The molecular formula is C14H24FN3O2S. The molecule has 5 nitrogen and oxygen atoms in total. The molecule has 0 amide bonds. The van der Waals surface area contributed by atoms with Crippen LogP contribution in [0.15, 0.2) is 17.0 Å². The zero-order valence-corrected chi connectivity index (χ0v) is 13.8. The molecule has 0 aliphatic heterocycles. The van der Waals surface area contributed by atoms with Gasteiger partial charge in [-0.1, -0.05) is 0 Å². The smallest absolute Gasteiger partial charge is 0.243 e. The first-order chi connectivity index (χ1) is 9.65. The maximum Gasteiger partial charge on any atom is 0.243 e. The van der Waals surface area contributed by atoms with Crippen LogP contribution in [0.3, 0.4) is 0 Å². The fourth-order valence-corrected chi connectivity index (χ4v) is 3.09. The van der Waals surface area contributed by atoms with E-state index >= 15 is 0 Å². The molecule has 0 bridgehead atoms. The highest BCUT2D eigenvalue weighted by atomic mass is 32.2. The summed E-state index contributed by atoms with van der Waals surface area (Å²) in [6.45, 7) is 6.64. The Hall–Kier alpha value is -1.18. The second-order valence-corrected chi connectivity index (χ2v) is 7.21. The van der Waals surface area contributed by atoms with E-state index in [1.54, 1.807) is 0 Å². The van der Waals surface area contributed by atoms with E-state index in [4.69, 9.17) is 5.73 Å². The Balaban J connectivity index is 2.71. The van der Waals surface area contributed by atoms with Crippen molar-refractivity contribution in [2.24, 2.45) is 0 Å². The van der Waals surface area contributed by atoms with Gasteiger partial charge >= 0.3 is 0 Å². The van der Waals surface area contributed by atoms with Gasteiger partial charge in [0.1, 0.15) is 10.7 Å². The molecule has 0 radical (unpaired) electrons. The summed E-state index contributed by atoms with van der Waals surface area (Å²) in [7, 11) is -1.91. The minimum Gasteiger partial charge on any atom is -0.399 e. The van der Waals surface area contributed by atoms with Crippen molar-refractivity contribution in [3.05, 3.63) is 23.5 Å². The number of nitrogens with zero attached hydrogens (tertiary/aromatic N) is 1. The first-order valence-corrected chi connectivity index (χ1v) is 8.39. The van der Waals surface area contributed by atoms with Crippen LogP contribution < -0.4 is 10.5 Å².